The number of thiocarbonyl (C=S) groups is 1. The van der Waals surface area contributed by atoms with E-state index >= 15 is 0 Å². The second kappa shape index (κ2) is 4.39. The molecule has 0 aliphatic heterocycles. The van der Waals surface area contributed by atoms with Crippen molar-refractivity contribution in [3.63, 3.8) is 0 Å². The highest BCUT2D eigenvalue weighted by atomic mass is 32.1. The van der Waals surface area contributed by atoms with Gasteiger partial charge >= 0.3 is 0 Å². The van der Waals surface area contributed by atoms with Crippen molar-refractivity contribution in [3.8, 4) is 0 Å². The third kappa shape index (κ3) is 2.51. The molecule has 0 atom stereocenters. The van der Waals surface area contributed by atoms with Crippen molar-refractivity contribution >= 4 is 45.9 Å². The van der Waals surface area contributed by atoms with Crippen molar-refractivity contribution in [3.05, 3.63) is 0 Å². The summed E-state index contributed by atoms with van der Waals surface area (Å²) in [6, 6.07) is 0. The summed E-state index contributed by atoms with van der Waals surface area (Å²) in [5.74, 6) is 0. The maximum absolute atomic E-state index is 5.58. The Hall–Kier alpha value is 0.874. The minimum absolute atomic E-state index is 0.0874. The van der Waals surface area contributed by atoms with E-state index in [4.69, 9.17) is 24.8 Å². The highest BCUT2D eigenvalue weighted by Crippen LogP contribution is 2.39. The predicted octanol–water partition coefficient (Wildman–Crippen LogP) is 4.19. The minimum atomic E-state index is -1.35. The van der Waals surface area contributed by atoms with Crippen LogP contribution in [0, 0.1) is 0 Å². The average molecular weight is 265 g/mol. The first-order chi connectivity index (χ1) is 5.98. The van der Waals surface area contributed by atoms with Gasteiger partial charge in [0, 0.05) is 8.86 Å². The zero-order chi connectivity index (χ0) is 11.8. The van der Waals surface area contributed by atoms with E-state index in [1.807, 2.05) is 0 Å². The predicted molar refractivity (Wildman–Crippen MR) is 81.3 cm³/mol. The van der Waals surface area contributed by atoms with E-state index in [9.17, 15) is 0 Å². The van der Waals surface area contributed by atoms with Crippen LogP contribution >= 0.6 is 24.8 Å². The van der Waals surface area contributed by atoms with Gasteiger partial charge in [-0.15, -0.1) is 0 Å². The van der Waals surface area contributed by atoms with Crippen LogP contribution in [0.25, 0.3) is 0 Å². The van der Waals surface area contributed by atoms with Gasteiger partial charge in [0.05, 0.1) is 16.1 Å². The largest absolute Gasteiger partial charge is 0.174 e. The van der Waals surface area contributed by atoms with Crippen LogP contribution in [0.2, 0.25) is 39.3 Å². The van der Waals surface area contributed by atoms with Crippen molar-refractivity contribution in [1.82, 2.24) is 0 Å². The van der Waals surface area contributed by atoms with E-state index in [1.165, 1.54) is 4.86 Å². The van der Waals surface area contributed by atoms with Gasteiger partial charge in [0.2, 0.25) is 0 Å². The fraction of sp³-hybridized carbons (Fsp3) is 0.900. The van der Waals surface area contributed by atoms with E-state index in [2.05, 4.69) is 46.2 Å². The van der Waals surface area contributed by atoms with Crippen molar-refractivity contribution in [1.29, 1.82) is 0 Å². The SMILES string of the molecule is CCC(=S)C(S)([Si](C)(C)C)[Si](C)(C)C. The first-order valence-corrected chi connectivity index (χ1v) is 13.1. The summed E-state index contributed by atoms with van der Waals surface area (Å²) in [7, 11) is -2.69. The van der Waals surface area contributed by atoms with Gasteiger partial charge in [-0.25, -0.2) is 0 Å². The summed E-state index contributed by atoms with van der Waals surface area (Å²) < 4.78 is 0.0874. The first-order valence-electron chi connectivity index (χ1n) is 5.24. The fourth-order valence-corrected chi connectivity index (χ4v) is 15.2. The lowest BCUT2D eigenvalue weighted by atomic mass is 10.4. The van der Waals surface area contributed by atoms with Gasteiger partial charge in [-0.1, -0.05) is 58.4 Å². The lowest BCUT2D eigenvalue weighted by Crippen LogP contribution is -2.66. The summed E-state index contributed by atoms with van der Waals surface area (Å²) in [4.78, 5) is 1.19. The molecule has 0 nitrogen and oxygen atoms in total. The average Bonchev–Trinajstić information content (AvgIpc) is 1.97. The quantitative estimate of drug-likeness (QED) is 0.451. The minimum Gasteiger partial charge on any atom is -0.174 e. The Morgan fingerprint density at radius 3 is 1.43 bits per heavy atom. The second-order valence-electron chi connectivity index (χ2n) is 5.99. The van der Waals surface area contributed by atoms with Crippen molar-refractivity contribution in [2.45, 2.75) is 56.6 Å². The Morgan fingerprint density at radius 2 is 1.36 bits per heavy atom. The number of thiol groups is 1. The van der Waals surface area contributed by atoms with Crippen LogP contribution in [0.3, 0.4) is 0 Å². The Labute approximate surface area is 102 Å². The molecular formula is C10H24S2Si2. The number of hydrogen-bond acceptors (Lipinski definition) is 2. The van der Waals surface area contributed by atoms with Crippen LogP contribution in [0.15, 0.2) is 0 Å². The molecule has 0 aromatic rings. The molecule has 0 aromatic heterocycles. The zero-order valence-corrected chi connectivity index (χ0v) is 14.3. The summed E-state index contributed by atoms with van der Waals surface area (Å²) >= 11 is 10.6. The van der Waals surface area contributed by atoms with E-state index in [1.54, 1.807) is 0 Å². The first kappa shape index (κ1) is 14.9. The third-order valence-electron chi connectivity index (χ3n) is 2.90. The lowest BCUT2D eigenvalue weighted by molar-refractivity contribution is 1.21. The molecule has 0 aromatic carbocycles. The summed E-state index contributed by atoms with van der Waals surface area (Å²) in [6.45, 7) is 16.5. The van der Waals surface area contributed by atoms with Gasteiger partial charge in [0.15, 0.2) is 0 Å². The highest BCUT2D eigenvalue weighted by Gasteiger charge is 2.51. The molecule has 4 heteroatoms. The number of hydrogen-bond donors (Lipinski definition) is 1. The van der Waals surface area contributed by atoms with Gasteiger partial charge in [0.25, 0.3) is 0 Å². The van der Waals surface area contributed by atoms with Crippen molar-refractivity contribution in [2.24, 2.45) is 0 Å². The molecule has 0 spiro atoms. The maximum Gasteiger partial charge on any atom is 0.0649 e. The molecule has 0 unspecified atom stereocenters. The molecule has 0 heterocycles. The second-order valence-corrected chi connectivity index (χ2v) is 19.0. The molecule has 0 aliphatic rings. The molecule has 0 N–H and O–H groups in total. The van der Waals surface area contributed by atoms with Gasteiger partial charge < -0.3 is 0 Å². The standard InChI is InChI=1S/C10H24S2Si2/c1-8-9(11)10(12,13(2,3)4)14(5,6)7/h12H,8H2,1-7H3. The van der Waals surface area contributed by atoms with Gasteiger partial charge in [-0.2, -0.15) is 12.6 Å². The van der Waals surface area contributed by atoms with E-state index in [0.29, 0.717) is 0 Å². The molecule has 0 saturated heterocycles. The van der Waals surface area contributed by atoms with Crippen LogP contribution in [-0.4, -0.2) is 25.0 Å². The van der Waals surface area contributed by atoms with E-state index in [-0.39, 0.29) is 3.99 Å². The molecule has 0 amide bonds. The summed E-state index contributed by atoms with van der Waals surface area (Å²) in [5, 5.41) is 0. The highest BCUT2D eigenvalue weighted by molar-refractivity contribution is 7.92. The Bertz CT molecular complexity index is 209. The fourth-order valence-electron chi connectivity index (χ4n) is 2.22. The van der Waals surface area contributed by atoms with Crippen molar-refractivity contribution < 1.29 is 0 Å². The molecular weight excluding hydrogens is 240 g/mol. The molecule has 0 bridgehead atoms. The van der Waals surface area contributed by atoms with E-state index < -0.39 is 16.1 Å². The number of rotatable bonds is 4. The van der Waals surface area contributed by atoms with Crippen LogP contribution in [0.4, 0.5) is 0 Å². The van der Waals surface area contributed by atoms with Crippen LogP contribution < -0.4 is 0 Å². The Kier molecular flexibility index (Phi) is 4.67. The van der Waals surface area contributed by atoms with Gasteiger partial charge in [-0.05, 0) is 6.42 Å². The molecule has 0 fully saturated rings. The smallest absolute Gasteiger partial charge is 0.0649 e. The van der Waals surface area contributed by atoms with Gasteiger partial charge in [0.1, 0.15) is 0 Å². The zero-order valence-electron chi connectivity index (χ0n) is 10.6. The van der Waals surface area contributed by atoms with E-state index in [0.717, 1.165) is 6.42 Å². The monoisotopic (exact) mass is 264 g/mol. The molecule has 0 rings (SSSR count). The summed E-state index contributed by atoms with van der Waals surface area (Å²) in [6.07, 6.45) is 0.993. The Balaban J connectivity index is 5.40. The van der Waals surface area contributed by atoms with Crippen LogP contribution in [0.5, 0.6) is 0 Å². The molecule has 84 valence electrons. The summed E-state index contributed by atoms with van der Waals surface area (Å²) in [5.41, 5.74) is 0. The lowest BCUT2D eigenvalue weighted by Gasteiger charge is -2.48. The van der Waals surface area contributed by atoms with Crippen LogP contribution in [-0.2, 0) is 0 Å². The normalized spacial score (nSPS) is 14.3. The Morgan fingerprint density at radius 1 is 1.07 bits per heavy atom. The molecule has 14 heavy (non-hydrogen) atoms. The van der Waals surface area contributed by atoms with Gasteiger partial charge in [-0.3, -0.25) is 0 Å². The third-order valence-corrected chi connectivity index (χ3v) is 17.7. The molecule has 0 radical (unpaired) electrons. The van der Waals surface area contributed by atoms with Crippen LogP contribution in [0.1, 0.15) is 13.3 Å². The maximum atomic E-state index is 5.58. The topological polar surface area (TPSA) is 0 Å². The van der Waals surface area contributed by atoms with Crippen molar-refractivity contribution in [2.75, 3.05) is 0 Å². The molecule has 0 aliphatic carbocycles. The molecule has 0 saturated carbocycles.